The van der Waals surface area contributed by atoms with E-state index in [1.165, 1.54) is 0 Å². The minimum atomic E-state index is -0.222. The first kappa shape index (κ1) is 17.7. The van der Waals surface area contributed by atoms with Crippen LogP contribution < -0.4 is 10.6 Å². The monoisotopic (exact) mass is 325 g/mol. The second kappa shape index (κ2) is 8.24. The van der Waals surface area contributed by atoms with E-state index in [2.05, 4.69) is 15.6 Å². The van der Waals surface area contributed by atoms with E-state index >= 15 is 0 Å². The molecule has 126 valence electrons. The third-order valence-corrected chi connectivity index (χ3v) is 3.75. The van der Waals surface area contributed by atoms with Crippen molar-refractivity contribution >= 4 is 17.5 Å². The maximum absolute atomic E-state index is 12.0. The lowest BCUT2D eigenvalue weighted by molar-refractivity contribution is -0.124. The molecule has 0 spiro atoms. The zero-order valence-corrected chi connectivity index (χ0v) is 14.3. The molecule has 0 aliphatic carbocycles. The SMILES string of the molecule is Cc1cc(C)c(NC(=O)CNC(=O)CCc2cccnc2)c(C)c1. The van der Waals surface area contributed by atoms with Gasteiger partial charge in [0.05, 0.1) is 6.54 Å². The summed E-state index contributed by atoms with van der Waals surface area (Å²) in [7, 11) is 0. The van der Waals surface area contributed by atoms with Crippen molar-refractivity contribution in [3.63, 3.8) is 0 Å². The highest BCUT2D eigenvalue weighted by atomic mass is 16.2. The van der Waals surface area contributed by atoms with Gasteiger partial charge in [-0.2, -0.15) is 0 Å². The Balaban J connectivity index is 1.80. The highest BCUT2D eigenvalue weighted by Crippen LogP contribution is 2.21. The summed E-state index contributed by atoms with van der Waals surface area (Å²) in [5.41, 5.74) is 5.01. The molecule has 24 heavy (non-hydrogen) atoms. The van der Waals surface area contributed by atoms with E-state index in [1.54, 1.807) is 12.4 Å². The zero-order valence-electron chi connectivity index (χ0n) is 14.3. The van der Waals surface area contributed by atoms with Crippen LogP contribution in [0.1, 0.15) is 28.7 Å². The summed E-state index contributed by atoms with van der Waals surface area (Å²) in [6, 6.07) is 7.81. The lowest BCUT2D eigenvalue weighted by atomic mass is 10.1. The lowest BCUT2D eigenvalue weighted by Crippen LogP contribution is -2.33. The van der Waals surface area contributed by atoms with Gasteiger partial charge in [0.2, 0.25) is 11.8 Å². The molecule has 0 fully saturated rings. The lowest BCUT2D eigenvalue weighted by Gasteiger charge is -2.13. The predicted molar refractivity (Wildman–Crippen MR) is 94.9 cm³/mol. The summed E-state index contributed by atoms with van der Waals surface area (Å²) in [6.07, 6.45) is 4.38. The Morgan fingerprint density at radius 3 is 2.42 bits per heavy atom. The molecule has 2 amide bonds. The van der Waals surface area contributed by atoms with E-state index in [1.807, 2.05) is 45.0 Å². The molecule has 0 aliphatic rings. The largest absolute Gasteiger partial charge is 0.347 e. The van der Waals surface area contributed by atoms with Gasteiger partial charge in [-0.25, -0.2) is 0 Å². The number of rotatable bonds is 6. The summed E-state index contributed by atoms with van der Waals surface area (Å²) in [4.78, 5) is 27.9. The topological polar surface area (TPSA) is 71.1 Å². The molecule has 2 aromatic rings. The van der Waals surface area contributed by atoms with Gasteiger partial charge in [-0.3, -0.25) is 14.6 Å². The molecule has 0 atom stereocenters. The number of hydrogen-bond donors (Lipinski definition) is 2. The Morgan fingerprint density at radius 2 is 1.79 bits per heavy atom. The summed E-state index contributed by atoms with van der Waals surface area (Å²) >= 11 is 0. The predicted octanol–water partition coefficient (Wildman–Crippen LogP) is 2.69. The number of benzene rings is 1. The van der Waals surface area contributed by atoms with Crippen LogP contribution in [0, 0.1) is 20.8 Å². The number of pyridine rings is 1. The van der Waals surface area contributed by atoms with Crippen LogP contribution in [0.25, 0.3) is 0 Å². The summed E-state index contributed by atoms with van der Waals surface area (Å²) in [6.45, 7) is 5.91. The first-order valence-electron chi connectivity index (χ1n) is 7.99. The number of anilines is 1. The highest BCUT2D eigenvalue weighted by molar-refractivity contribution is 5.95. The Morgan fingerprint density at radius 1 is 1.08 bits per heavy atom. The van der Waals surface area contributed by atoms with E-state index in [0.717, 1.165) is 27.9 Å². The maximum atomic E-state index is 12.0. The van der Waals surface area contributed by atoms with Gasteiger partial charge < -0.3 is 10.6 Å². The fourth-order valence-electron chi connectivity index (χ4n) is 2.63. The molecule has 2 N–H and O–H groups in total. The number of aryl methyl sites for hydroxylation is 4. The van der Waals surface area contributed by atoms with Crippen LogP contribution in [0.3, 0.4) is 0 Å². The van der Waals surface area contributed by atoms with Crippen LogP contribution >= 0.6 is 0 Å². The fourth-order valence-corrected chi connectivity index (χ4v) is 2.63. The van der Waals surface area contributed by atoms with E-state index in [-0.39, 0.29) is 18.4 Å². The van der Waals surface area contributed by atoms with Crippen LogP contribution in [-0.2, 0) is 16.0 Å². The van der Waals surface area contributed by atoms with Gasteiger partial charge in [0.15, 0.2) is 0 Å². The van der Waals surface area contributed by atoms with E-state index in [9.17, 15) is 9.59 Å². The zero-order chi connectivity index (χ0) is 17.5. The van der Waals surface area contributed by atoms with Crippen LogP contribution in [0.2, 0.25) is 0 Å². The smallest absolute Gasteiger partial charge is 0.243 e. The normalized spacial score (nSPS) is 10.3. The average molecular weight is 325 g/mol. The molecule has 0 radical (unpaired) electrons. The molecule has 0 bridgehead atoms. The van der Waals surface area contributed by atoms with Crippen molar-refractivity contribution in [1.82, 2.24) is 10.3 Å². The molecule has 1 aromatic carbocycles. The van der Waals surface area contributed by atoms with Gasteiger partial charge in [-0.1, -0.05) is 23.8 Å². The van der Waals surface area contributed by atoms with Crippen molar-refractivity contribution in [3.8, 4) is 0 Å². The van der Waals surface area contributed by atoms with Gasteiger partial charge in [-0.15, -0.1) is 0 Å². The molecular formula is C19H23N3O2. The van der Waals surface area contributed by atoms with Gasteiger partial charge in [0.1, 0.15) is 0 Å². The number of aromatic nitrogens is 1. The summed E-state index contributed by atoms with van der Waals surface area (Å²) in [5, 5.41) is 5.52. The van der Waals surface area contributed by atoms with Crippen molar-refractivity contribution in [2.24, 2.45) is 0 Å². The van der Waals surface area contributed by atoms with E-state index < -0.39 is 0 Å². The first-order valence-corrected chi connectivity index (χ1v) is 7.99. The number of nitrogens with zero attached hydrogens (tertiary/aromatic N) is 1. The maximum Gasteiger partial charge on any atom is 0.243 e. The van der Waals surface area contributed by atoms with Gasteiger partial charge in [0.25, 0.3) is 0 Å². The van der Waals surface area contributed by atoms with Gasteiger partial charge in [0, 0.05) is 24.5 Å². The molecule has 2 rings (SSSR count). The molecule has 1 heterocycles. The first-order chi connectivity index (χ1) is 11.5. The minimum absolute atomic E-state index is 0.0291. The minimum Gasteiger partial charge on any atom is -0.347 e. The van der Waals surface area contributed by atoms with E-state index in [4.69, 9.17) is 0 Å². The highest BCUT2D eigenvalue weighted by Gasteiger charge is 2.10. The molecule has 5 nitrogen and oxygen atoms in total. The number of carbonyl (C=O) groups excluding carboxylic acids is 2. The van der Waals surface area contributed by atoms with Crippen molar-refractivity contribution in [1.29, 1.82) is 0 Å². The standard InChI is InChI=1S/C19H23N3O2/c1-13-9-14(2)19(15(3)10-13)22-18(24)12-21-17(23)7-6-16-5-4-8-20-11-16/h4-5,8-11H,6-7,12H2,1-3H3,(H,21,23)(H,22,24). The molecule has 0 aliphatic heterocycles. The van der Waals surface area contributed by atoms with Gasteiger partial charge >= 0.3 is 0 Å². The van der Waals surface area contributed by atoms with Gasteiger partial charge in [-0.05, 0) is 49.9 Å². The van der Waals surface area contributed by atoms with Crippen LogP contribution in [0.5, 0.6) is 0 Å². The van der Waals surface area contributed by atoms with Crippen molar-refractivity contribution < 1.29 is 9.59 Å². The quantitative estimate of drug-likeness (QED) is 0.858. The summed E-state index contributed by atoms with van der Waals surface area (Å²) < 4.78 is 0. The Hall–Kier alpha value is -2.69. The van der Waals surface area contributed by atoms with Crippen LogP contribution in [0.15, 0.2) is 36.7 Å². The molecule has 5 heteroatoms. The average Bonchev–Trinajstić information content (AvgIpc) is 2.55. The molecule has 0 saturated carbocycles. The fraction of sp³-hybridized carbons (Fsp3) is 0.316. The number of nitrogens with one attached hydrogen (secondary N) is 2. The second-order valence-corrected chi connectivity index (χ2v) is 5.96. The third kappa shape index (κ3) is 5.19. The van der Waals surface area contributed by atoms with Crippen molar-refractivity contribution in [3.05, 3.63) is 58.9 Å². The number of amides is 2. The Kier molecular flexibility index (Phi) is 6.07. The number of carbonyl (C=O) groups is 2. The summed E-state index contributed by atoms with van der Waals surface area (Å²) in [5.74, 6) is -0.369. The van der Waals surface area contributed by atoms with Crippen LogP contribution in [-0.4, -0.2) is 23.3 Å². The van der Waals surface area contributed by atoms with Crippen molar-refractivity contribution in [2.75, 3.05) is 11.9 Å². The molecule has 1 aromatic heterocycles. The Bertz CT molecular complexity index is 704. The van der Waals surface area contributed by atoms with E-state index in [0.29, 0.717) is 12.8 Å². The second-order valence-electron chi connectivity index (χ2n) is 5.96. The Labute approximate surface area is 142 Å². The third-order valence-electron chi connectivity index (χ3n) is 3.75. The molecular weight excluding hydrogens is 302 g/mol. The van der Waals surface area contributed by atoms with Crippen molar-refractivity contribution in [2.45, 2.75) is 33.6 Å². The van der Waals surface area contributed by atoms with Crippen LogP contribution in [0.4, 0.5) is 5.69 Å². The molecule has 0 unspecified atom stereocenters. The molecule has 0 saturated heterocycles. The number of hydrogen-bond acceptors (Lipinski definition) is 3.